The molecule has 0 radical (unpaired) electrons. The highest BCUT2D eigenvalue weighted by atomic mass is 19.1. The van der Waals surface area contributed by atoms with Crippen LogP contribution >= 0.6 is 0 Å². The van der Waals surface area contributed by atoms with Gasteiger partial charge in [0.05, 0.1) is 24.5 Å². The third kappa shape index (κ3) is 3.03. The number of ether oxygens (including phenoxy) is 1. The topological polar surface area (TPSA) is 46.5 Å². The van der Waals surface area contributed by atoms with E-state index in [1.807, 2.05) is 24.3 Å². The number of nitrogens with zero attached hydrogens (tertiary/aromatic N) is 2. The van der Waals surface area contributed by atoms with Gasteiger partial charge >= 0.3 is 0 Å². The maximum atomic E-state index is 13.1. The molecule has 2 aromatic carbocycles. The average molecular weight is 295 g/mol. The Hall–Kier alpha value is -2.95. The van der Waals surface area contributed by atoms with E-state index in [9.17, 15) is 4.39 Å². The Kier molecular flexibility index (Phi) is 3.96. The summed E-state index contributed by atoms with van der Waals surface area (Å²) >= 11 is 0. The van der Waals surface area contributed by atoms with E-state index in [-0.39, 0.29) is 5.82 Å². The molecule has 1 aromatic heterocycles. The van der Waals surface area contributed by atoms with Crippen LogP contribution in [-0.2, 0) is 0 Å². The second-order valence-corrected chi connectivity index (χ2v) is 4.67. The Labute approximate surface area is 127 Å². The number of hydrazone groups is 1. The molecule has 0 saturated heterocycles. The molecular weight excluding hydrogens is 281 g/mol. The van der Waals surface area contributed by atoms with Crippen LogP contribution in [0.25, 0.3) is 10.9 Å². The first-order valence-electron chi connectivity index (χ1n) is 6.74. The van der Waals surface area contributed by atoms with Crippen LogP contribution in [0, 0.1) is 5.82 Å². The van der Waals surface area contributed by atoms with Gasteiger partial charge in [0.25, 0.3) is 0 Å². The van der Waals surface area contributed by atoms with Crippen molar-refractivity contribution >= 4 is 22.8 Å². The molecule has 0 saturated carbocycles. The van der Waals surface area contributed by atoms with Crippen molar-refractivity contribution < 1.29 is 9.13 Å². The molecular formula is C17H14FN3O. The molecule has 110 valence electrons. The van der Waals surface area contributed by atoms with Gasteiger partial charge in [0.2, 0.25) is 0 Å². The van der Waals surface area contributed by atoms with Crippen molar-refractivity contribution in [2.45, 2.75) is 0 Å². The first kappa shape index (κ1) is 14.0. The summed E-state index contributed by atoms with van der Waals surface area (Å²) in [5.74, 6) is 0.464. The number of hydrogen-bond donors (Lipinski definition) is 1. The lowest BCUT2D eigenvalue weighted by atomic mass is 10.2. The van der Waals surface area contributed by atoms with Gasteiger partial charge in [0.1, 0.15) is 11.6 Å². The standard InChI is InChI=1S/C17H14FN3O/c1-22-14-5-6-15-16(7-8-19-17(15)10-14)21-20-11-12-3-2-4-13(18)9-12/h2-11H,1H3,(H,19,21)/b20-11+. The van der Waals surface area contributed by atoms with Crippen molar-refractivity contribution in [2.24, 2.45) is 5.10 Å². The smallest absolute Gasteiger partial charge is 0.123 e. The number of anilines is 1. The van der Waals surface area contributed by atoms with E-state index >= 15 is 0 Å². The molecule has 22 heavy (non-hydrogen) atoms. The average Bonchev–Trinajstić information content (AvgIpc) is 2.54. The highest BCUT2D eigenvalue weighted by molar-refractivity contribution is 5.92. The highest BCUT2D eigenvalue weighted by Crippen LogP contribution is 2.25. The third-order valence-corrected chi connectivity index (χ3v) is 3.20. The lowest BCUT2D eigenvalue weighted by Crippen LogP contribution is -1.93. The molecule has 4 nitrogen and oxygen atoms in total. The van der Waals surface area contributed by atoms with E-state index in [2.05, 4.69) is 15.5 Å². The van der Waals surface area contributed by atoms with Gasteiger partial charge in [-0.15, -0.1) is 0 Å². The molecule has 0 atom stereocenters. The summed E-state index contributed by atoms with van der Waals surface area (Å²) in [7, 11) is 1.62. The summed E-state index contributed by atoms with van der Waals surface area (Å²) in [5, 5.41) is 5.08. The van der Waals surface area contributed by atoms with Gasteiger partial charge in [-0.25, -0.2) is 4.39 Å². The Morgan fingerprint density at radius 3 is 2.91 bits per heavy atom. The number of methoxy groups -OCH3 is 1. The van der Waals surface area contributed by atoms with Crippen LogP contribution < -0.4 is 10.2 Å². The molecule has 0 spiro atoms. The van der Waals surface area contributed by atoms with Gasteiger partial charge in [-0.1, -0.05) is 12.1 Å². The van der Waals surface area contributed by atoms with Gasteiger partial charge in [-0.2, -0.15) is 5.10 Å². The largest absolute Gasteiger partial charge is 0.497 e. The molecule has 0 aliphatic carbocycles. The Morgan fingerprint density at radius 2 is 2.09 bits per heavy atom. The van der Waals surface area contributed by atoms with Gasteiger partial charge in [0, 0.05) is 17.6 Å². The first-order chi connectivity index (χ1) is 10.8. The Bertz CT molecular complexity index is 833. The van der Waals surface area contributed by atoms with Crippen LogP contribution in [0.2, 0.25) is 0 Å². The van der Waals surface area contributed by atoms with Crippen LogP contribution in [0.5, 0.6) is 5.75 Å². The van der Waals surface area contributed by atoms with Crippen molar-refractivity contribution in [3.63, 3.8) is 0 Å². The zero-order valence-corrected chi connectivity index (χ0v) is 12.0. The summed E-state index contributed by atoms with van der Waals surface area (Å²) in [5.41, 5.74) is 5.28. The molecule has 0 bridgehead atoms. The molecule has 0 fully saturated rings. The van der Waals surface area contributed by atoms with Gasteiger partial charge in [-0.3, -0.25) is 10.4 Å². The maximum Gasteiger partial charge on any atom is 0.123 e. The van der Waals surface area contributed by atoms with E-state index in [1.165, 1.54) is 12.1 Å². The number of halogens is 1. The van der Waals surface area contributed by atoms with Crippen LogP contribution in [0.15, 0.2) is 59.8 Å². The second kappa shape index (κ2) is 6.22. The van der Waals surface area contributed by atoms with E-state index in [0.717, 1.165) is 22.3 Å². The normalized spacial score (nSPS) is 11.0. The van der Waals surface area contributed by atoms with Crippen molar-refractivity contribution in [3.8, 4) is 5.75 Å². The molecule has 5 heteroatoms. The second-order valence-electron chi connectivity index (χ2n) is 4.67. The number of benzene rings is 2. The number of pyridine rings is 1. The Morgan fingerprint density at radius 1 is 1.18 bits per heavy atom. The zero-order chi connectivity index (χ0) is 15.4. The molecule has 0 aliphatic heterocycles. The number of aromatic nitrogens is 1. The van der Waals surface area contributed by atoms with Gasteiger partial charge in [-0.05, 0) is 35.9 Å². The number of hydrogen-bond acceptors (Lipinski definition) is 4. The van der Waals surface area contributed by atoms with Crippen molar-refractivity contribution in [1.29, 1.82) is 0 Å². The predicted molar refractivity (Wildman–Crippen MR) is 85.9 cm³/mol. The quantitative estimate of drug-likeness (QED) is 0.588. The van der Waals surface area contributed by atoms with Crippen LogP contribution in [0.1, 0.15) is 5.56 Å². The minimum atomic E-state index is -0.287. The molecule has 1 N–H and O–H groups in total. The Balaban J connectivity index is 1.85. The maximum absolute atomic E-state index is 13.1. The SMILES string of the molecule is COc1ccc2c(N/N=C/c3cccc(F)c3)ccnc2c1. The molecule has 1 heterocycles. The fraction of sp³-hybridized carbons (Fsp3) is 0.0588. The highest BCUT2D eigenvalue weighted by Gasteiger charge is 2.02. The molecule has 0 unspecified atom stereocenters. The summed E-state index contributed by atoms with van der Waals surface area (Å²) in [6, 6.07) is 13.7. The predicted octanol–water partition coefficient (Wildman–Crippen LogP) is 3.83. The van der Waals surface area contributed by atoms with Gasteiger partial charge < -0.3 is 4.74 Å². The van der Waals surface area contributed by atoms with Crippen LogP contribution in [-0.4, -0.2) is 18.3 Å². The molecule has 3 rings (SSSR count). The van der Waals surface area contributed by atoms with Crippen LogP contribution in [0.4, 0.5) is 10.1 Å². The van der Waals surface area contributed by atoms with Gasteiger partial charge in [0.15, 0.2) is 0 Å². The number of nitrogens with one attached hydrogen (secondary N) is 1. The van der Waals surface area contributed by atoms with E-state index in [1.54, 1.807) is 31.7 Å². The first-order valence-corrected chi connectivity index (χ1v) is 6.74. The minimum Gasteiger partial charge on any atom is -0.497 e. The molecule has 3 aromatic rings. The lowest BCUT2D eigenvalue weighted by Gasteiger charge is -2.06. The summed E-state index contributed by atoms with van der Waals surface area (Å²) in [6.45, 7) is 0. The molecule has 0 amide bonds. The van der Waals surface area contributed by atoms with Crippen molar-refractivity contribution in [1.82, 2.24) is 4.98 Å². The van der Waals surface area contributed by atoms with E-state index < -0.39 is 0 Å². The van der Waals surface area contributed by atoms with E-state index in [4.69, 9.17) is 4.74 Å². The number of rotatable bonds is 4. The van der Waals surface area contributed by atoms with Crippen molar-refractivity contribution in [2.75, 3.05) is 12.5 Å². The lowest BCUT2D eigenvalue weighted by molar-refractivity contribution is 0.415. The minimum absolute atomic E-state index is 0.287. The monoisotopic (exact) mass is 295 g/mol. The summed E-state index contributed by atoms with van der Waals surface area (Å²) < 4.78 is 18.3. The molecule has 0 aliphatic rings. The fourth-order valence-electron chi connectivity index (χ4n) is 2.12. The number of fused-ring (bicyclic) bond motifs is 1. The van der Waals surface area contributed by atoms with Crippen LogP contribution in [0.3, 0.4) is 0 Å². The third-order valence-electron chi connectivity index (χ3n) is 3.20. The summed E-state index contributed by atoms with van der Waals surface area (Å²) in [4.78, 5) is 4.31. The fourth-order valence-corrected chi connectivity index (χ4v) is 2.12. The summed E-state index contributed by atoms with van der Waals surface area (Å²) in [6.07, 6.45) is 3.26. The van der Waals surface area contributed by atoms with E-state index in [0.29, 0.717) is 5.56 Å². The van der Waals surface area contributed by atoms with Crippen molar-refractivity contribution in [3.05, 3.63) is 66.1 Å². The zero-order valence-electron chi connectivity index (χ0n) is 12.0.